The van der Waals surface area contributed by atoms with E-state index in [0.717, 1.165) is 9.90 Å². The monoisotopic (exact) mass is 297 g/mol. The van der Waals surface area contributed by atoms with E-state index >= 15 is 0 Å². The van der Waals surface area contributed by atoms with Gasteiger partial charge in [0, 0.05) is 12.1 Å². The molecule has 3 nitrogen and oxygen atoms in total. The molecule has 6 heteroatoms. The third-order valence-electron chi connectivity index (χ3n) is 2.39. The van der Waals surface area contributed by atoms with Crippen LogP contribution in [-0.2, 0) is 6.54 Å². The van der Waals surface area contributed by atoms with Gasteiger partial charge < -0.3 is 5.32 Å². The smallest absolute Gasteiger partial charge is 0.174 e. The Bertz CT molecular complexity index is 535. The van der Waals surface area contributed by atoms with Gasteiger partial charge in [-0.3, -0.25) is 0 Å². The fourth-order valence-corrected chi connectivity index (χ4v) is 2.98. The molecule has 19 heavy (non-hydrogen) atoms. The maximum atomic E-state index is 14.0. The van der Waals surface area contributed by atoms with Crippen LogP contribution in [0, 0.1) is 5.82 Å². The van der Waals surface area contributed by atoms with Gasteiger partial charge in [0.25, 0.3) is 0 Å². The van der Waals surface area contributed by atoms with Gasteiger partial charge in [0.2, 0.25) is 0 Å². The molecule has 0 unspecified atom stereocenters. The summed E-state index contributed by atoms with van der Waals surface area (Å²) in [6.45, 7) is 6.89. The summed E-state index contributed by atoms with van der Waals surface area (Å²) in [5.74, 6) is -0.214. The SMILES string of the molecule is CC(C)(C)NCc1cccc(F)c1Sc1ncns1. The van der Waals surface area contributed by atoms with E-state index < -0.39 is 0 Å². The van der Waals surface area contributed by atoms with Crippen molar-refractivity contribution in [1.82, 2.24) is 14.7 Å². The van der Waals surface area contributed by atoms with Crippen LogP contribution in [-0.4, -0.2) is 14.9 Å². The van der Waals surface area contributed by atoms with Gasteiger partial charge in [0.05, 0.1) is 4.90 Å². The van der Waals surface area contributed by atoms with Gasteiger partial charge in [0.1, 0.15) is 12.1 Å². The number of hydrogen-bond donors (Lipinski definition) is 1. The lowest BCUT2D eigenvalue weighted by atomic mass is 10.1. The Morgan fingerprint density at radius 2 is 2.16 bits per heavy atom. The topological polar surface area (TPSA) is 37.8 Å². The molecule has 2 rings (SSSR count). The van der Waals surface area contributed by atoms with Crippen molar-refractivity contribution in [3.05, 3.63) is 35.9 Å². The number of nitrogens with one attached hydrogen (secondary N) is 1. The van der Waals surface area contributed by atoms with Crippen molar-refractivity contribution in [2.24, 2.45) is 0 Å². The van der Waals surface area contributed by atoms with Crippen LogP contribution in [0.25, 0.3) is 0 Å². The Hall–Kier alpha value is -0.980. The lowest BCUT2D eigenvalue weighted by Crippen LogP contribution is -2.35. The zero-order valence-electron chi connectivity index (χ0n) is 11.1. The quantitative estimate of drug-likeness (QED) is 0.933. The highest BCUT2D eigenvalue weighted by molar-refractivity contribution is 8.01. The average Bonchev–Trinajstić information content (AvgIpc) is 2.82. The molecule has 0 atom stereocenters. The molecular weight excluding hydrogens is 281 g/mol. The number of rotatable bonds is 4. The van der Waals surface area contributed by atoms with Crippen LogP contribution in [0.1, 0.15) is 26.3 Å². The molecule has 1 heterocycles. The van der Waals surface area contributed by atoms with Crippen molar-refractivity contribution in [2.45, 2.75) is 42.1 Å². The molecule has 0 aliphatic heterocycles. The van der Waals surface area contributed by atoms with Gasteiger partial charge in [-0.2, -0.15) is 4.37 Å². The molecular formula is C13H16FN3S2. The van der Waals surface area contributed by atoms with E-state index in [4.69, 9.17) is 0 Å². The Balaban J connectivity index is 2.21. The summed E-state index contributed by atoms with van der Waals surface area (Å²) in [6, 6.07) is 5.15. The summed E-state index contributed by atoms with van der Waals surface area (Å²) in [4.78, 5) is 4.71. The van der Waals surface area contributed by atoms with Crippen molar-refractivity contribution in [2.75, 3.05) is 0 Å². The summed E-state index contributed by atoms with van der Waals surface area (Å²) in [5.41, 5.74) is 0.937. The minimum Gasteiger partial charge on any atom is -0.308 e. The molecule has 0 aliphatic carbocycles. The van der Waals surface area contributed by atoms with Crippen LogP contribution >= 0.6 is 23.3 Å². The van der Waals surface area contributed by atoms with Gasteiger partial charge in [-0.1, -0.05) is 23.9 Å². The molecule has 1 aromatic heterocycles. The van der Waals surface area contributed by atoms with E-state index in [-0.39, 0.29) is 11.4 Å². The first-order valence-electron chi connectivity index (χ1n) is 5.93. The molecule has 0 amide bonds. The lowest BCUT2D eigenvalue weighted by molar-refractivity contribution is 0.421. The van der Waals surface area contributed by atoms with E-state index in [0.29, 0.717) is 11.4 Å². The molecule has 0 bridgehead atoms. The van der Waals surface area contributed by atoms with Crippen molar-refractivity contribution in [3.63, 3.8) is 0 Å². The number of halogens is 1. The average molecular weight is 297 g/mol. The van der Waals surface area contributed by atoms with Crippen molar-refractivity contribution >= 4 is 23.3 Å². The molecule has 1 N–H and O–H groups in total. The van der Waals surface area contributed by atoms with Crippen molar-refractivity contribution in [1.29, 1.82) is 0 Å². The summed E-state index contributed by atoms with van der Waals surface area (Å²) < 4.78 is 18.7. The standard InChI is InChI=1S/C13H16FN3S2/c1-13(2,3)16-7-9-5-4-6-10(14)11(9)18-12-15-8-17-19-12/h4-6,8,16H,7H2,1-3H3. The summed E-state index contributed by atoms with van der Waals surface area (Å²) in [7, 11) is 0. The van der Waals surface area contributed by atoms with E-state index in [1.165, 1.54) is 35.7 Å². The van der Waals surface area contributed by atoms with Gasteiger partial charge >= 0.3 is 0 Å². The Morgan fingerprint density at radius 3 is 2.79 bits per heavy atom. The first-order valence-corrected chi connectivity index (χ1v) is 7.51. The van der Waals surface area contributed by atoms with E-state index in [1.807, 2.05) is 6.07 Å². The fraction of sp³-hybridized carbons (Fsp3) is 0.385. The maximum absolute atomic E-state index is 14.0. The third kappa shape index (κ3) is 4.26. The largest absolute Gasteiger partial charge is 0.308 e. The van der Waals surface area contributed by atoms with Crippen LogP contribution in [0.3, 0.4) is 0 Å². The van der Waals surface area contributed by atoms with Gasteiger partial charge in [-0.05, 0) is 43.9 Å². The summed E-state index contributed by atoms with van der Waals surface area (Å²) in [6.07, 6.45) is 1.49. The van der Waals surface area contributed by atoms with Crippen molar-refractivity contribution in [3.8, 4) is 0 Å². The first kappa shape index (κ1) is 14.4. The van der Waals surface area contributed by atoms with Gasteiger partial charge in [-0.15, -0.1) is 0 Å². The van der Waals surface area contributed by atoms with Crippen molar-refractivity contribution < 1.29 is 4.39 Å². The van der Waals surface area contributed by atoms with E-state index in [9.17, 15) is 4.39 Å². The van der Waals surface area contributed by atoms with Gasteiger partial charge in [0.15, 0.2) is 4.34 Å². The number of nitrogens with zero attached hydrogens (tertiary/aromatic N) is 2. The highest BCUT2D eigenvalue weighted by Gasteiger charge is 2.14. The number of aromatic nitrogens is 2. The van der Waals surface area contributed by atoms with E-state index in [2.05, 4.69) is 35.4 Å². The maximum Gasteiger partial charge on any atom is 0.174 e. The van der Waals surface area contributed by atoms with Crippen LogP contribution in [0.5, 0.6) is 0 Å². The minimum absolute atomic E-state index is 0.00298. The Kier molecular flexibility index (Phi) is 4.54. The highest BCUT2D eigenvalue weighted by atomic mass is 32.2. The predicted octanol–water partition coefficient (Wildman–Crippen LogP) is 3.72. The van der Waals surface area contributed by atoms with E-state index in [1.54, 1.807) is 6.07 Å². The Labute approximate surface area is 120 Å². The normalized spacial score (nSPS) is 11.8. The summed E-state index contributed by atoms with van der Waals surface area (Å²) >= 11 is 2.60. The lowest BCUT2D eigenvalue weighted by Gasteiger charge is -2.21. The van der Waals surface area contributed by atoms with Crippen LogP contribution in [0.15, 0.2) is 33.8 Å². The van der Waals surface area contributed by atoms with Crippen LogP contribution in [0.2, 0.25) is 0 Å². The third-order valence-corrected chi connectivity index (χ3v) is 4.26. The molecule has 2 aromatic rings. The zero-order chi connectivity index (χ0) is 13.9. The molecule has 0 radical (unpaired) electrons. The number of hydrogen-bond acceptors (Lipinski definition) is 5. The second-order valence-corrected chi connectivity index (χ2v) is 7.18. The Morgan fingerprint density at radius 1 is 1.37 bits per heavy atom. The van der Waals surface area contributed by atoms with Crippen LogP contribution < -0.4 is 5.32 Å². The number of benzene rings is 1. The fourth-order valence-electron chi connectivity index (χ4n) is 1.46. The summed E-state index contributed by atoms with van der Waals surface area (Å²) in [5, 5.41) is 3.37. The predicted molar refractivity (Wildman–Crippen MR) is 77.0 cm³/mol. The zero-order valence-corrected chi connectivity index (χ0v) is 12.7. The highest BCUT2D eigenvalue weighted by Crippen LogP contribution is 2.33. The molecule has 0 saturated heterocycles. The van der Waals surface area contributed by atoms with Crippen LogP contribution in [0.4, 0.5) is 4.39 Å². The minimum atomic E-state index is -0.214. The molecule has 0 fully saturated rings. The molecule has 0 saturated carbocycles. The molecule has 1 aromatic carbocycles. The molecule has 0 spiro atoms. The molecule has 102 valence electrons. The van der Waals surface area contributed by atoms with Gasteiger partial charge in [-0.25, -0.2) is 9.37 Å². The first-order chi connectivity index (χ1) is 8.96. The molecule has 0 aliphatic rings. The second-order valence-electron chi connectivity index (χ2n) is 5.14. The second kappa shape index (κ2) is 5.98.